The Morgan fingerprint density at radius 1 is 1.50 bits per heavy atom. The summed E-state index contributed by atoms with van der Waals surface area (Å²) in [7, 11) is 0. The maximum absolute atomic E-state index is 11.8. The van der Waals surface area contributed by atoms with E-state index >= 15 is 0 Å². The molecule has 2 heterocycles. The minimum atomic E-state index is 0.208. The first kappa shape index (κ1) is 11.4. The standard InChI is InChI=1S/C14H14N2OS/c1-2-10-7-14(17)16(8-10)9-13-15-11-5-3-4-6-12(11)18-13/h2-6,10H,1,7-9H2. The third kappa shape index (κ3) is 2.04. The summed E-state index contributed by atoms with van der Waals surface area (Å²) in [5.41, 5.74) is 1.02. The normalized spacial score (nSPS) is 19.7. The summed E-state index contributed by atoms with van der Waals surface area (Å²) in [5.74, 6) is 0.506. The third-order valence-corrected chi connectivity index (χ3v) is 4.26. The van der Waals surface area contributed by atoms with Crippen LogP contribution in [0.4, 0.5) is 0 Å². The van der Waals surface area contributed by atoms with Crippen LogP contribution in [0, 0.1) is 5.92 Å². The summed E-state index contributed by atoms with van der Waals surface area (Å²) in [6.45, 7) is 5.17. The van der Waals surface area contributed by atoms with Crippen molar-refractivity contribution in [3.63, 3.8) is 0 Å². The average Bonchev–Trinajstić information content (AvgIpc) is 2.93. The minimum absolute atomic E-state index is 0.208. The lowest BCUT2D eigenvalue weighted by Crippen LogP contribution is -2.24. The molecule has 0 spiro atoms. The number of thiazole rings is 1. The van der Waals surface area contributed by atoms with Crippen LogP contribution in [-0.2, 0) is 11.3 Å². The highest BCUT2D eigenvalue weighted by Crippen LogP contribution is 2.25. The molecule has 3 rings (SSSR count). The van der Waals surface area contributed by atoms with Crippen LogP contribution in [0.2, 0.25) is 0 Å². The number of benzene rings is 1. The number of aromatic nitrogens is 1. The highest BCUT2D eigenvalue weighted by Gasteiger charge is 2.28. The number of hydrogen-bond acceptors (Lipinski definition) is 3. The van der Waals surface area contributed by atoms with E-state index in [9.17, 15) is 4.79 Å². The molecule has 2 aromatic rings. The molecule has 18 heavy (non-hydrogen) atoms. The Morgan fingerprint density at radius 2 is 2.33 bits per heavy atom. The molecular formula is C14H14N2OS. The predicted octanol–water partition coefficient (Wildman–Crippen LogP) is 2.83. The van der Waals surface area contributed by atoms with E-state index in [0.717, 1.165) is 17.1 Å². The molecule has 1 aliphatic rings. The van der Waals surface area contributed by atoms with Gasteiger partial charge in [0.25, 0.3) is 0 Å². The lowest BCUT2D eigenvalue weighted by Gasteiger charge is -2.13. The largest absolute Gasteiger partial charge is 0.335 e. The van der Waals surface area contributed by atoms with Gasteiger partial charge in [0.2, 0.25) is 5.91 Å². The second-order valence-corrected chi connectivity index (χ2v) is 5.66. The number of nitrogens with zero attached hydrogens (tertiary/aromatic N) is 2. The van der Waals surface area contributed by atoms with E-state index in [-0.39, 0.29) is 5.91 Å². The first-order valence-corrected chi connectivity index (χ1v) is 6.82. The summed E-state index contributed by atoms with van der Waals surface area (Å²) < 4.78 is 1.18. The lowest BCUT2D eigenvalue weighted by molar-refractivity contribution is -0.128. The van der Waals surface area contributed by atoms with Gasteiger partial charge < -0.3 is 4.90 Å². The second-order valence-electron chi connectivity index (χ2n) is 4.55. The molecule has 1 saturated heterocycles. The van der Waals surface area contributed by atoms with Crippen molar-refractivity contribution in [3.05, 3.63) is 41.9 Å². The third-order valence-electron chi connectivity index (χ3n) is 3.24. The van der Waals surface area contributed by atoms with Gasteiger partial charge in [-0.25, -0.2) is 4.98 Å². The molecule has 1 atom stereocenters. The SMILES string of the molecule is C=CC1CC(=O)N(Cc2nc3ccccc3s2)C1. The minimum Gasteiger partial charge on any atom is -0.335 e. The van der Waals surface area contributed by atoms with Crippen molar-refractivity contribution in [3.8, 4) is 0 Å². The van der Waals surface area contributed by atoms with Crippen LogP contribution in [0.3, 0.4) is 0 Å². The lowest BCUT2D eigenvalue weighted by atomic mass is 10.1. The Morgan fingerprint density at radius 3 is 3.06 bits per heavy atom. The Balaban J connectivity index is 1.80. The molecule has 1 aromatic carbocycles. The molecule has 1 aliphatic heterocycles. The first-order valence-electron chi connectivity index (χ1n) is 6.01. The van der Waals surface area contributed by atoms with Gasteiger partial charge in [-0.3, -0.25) is 4.79 Å². The molecular weight excluding hydrogens is 244 g/mol. The van der Waals surface area contributed by atoms with E-state index in [1.54, 1.807) is 11.3 Å². The molecule has 1 fully saturated rings. The molecule has 3 nitrogen and oxygen atoms in total. The zero-order valence-corrected chi connectivity index (χ0v) is 10.8. The molecule has 92 valence electrons. The van der Waals surface area contributed by atoms with Gasteiger partial charge in [0.05, 0.1) is 16.8 Å². The second kappa shape index (κ2) is 4.53. The Kier molecular flexibility index (Phi) is 2.88. The molecule has 0 radical (unpaired) electrons. The predicted molar refractivity (Wildman–Crippen MR) is 73.3 cm³/mol. The maximum atomic E-state index is 11.8. The van der Waals surface area contributed by atoms with Crippen LogP contribution in [0.5, 0.6) is 0 Å². The number of carbonyl (C=O) groups excluding carboxylic acids is 1. The molecule has 1 amide bonds. The van der Waals surface area contributed by atoms with Gasteiger partial charge >= 0.3 is 0 Å². The zero-order chi connectivity index (χ0) is 12.5. The fraction of sp³-hybridized carbons (Fsp3) is 0.286. The van der Waals surface area contributed by atoms with Crippen LogP contribution in [0.1, 0.15) is 11.4 Å². The molecule has 1 aromatic heterocycles. The summed E-state index contributed by atoms with van der Waals surface area (Å²) in [6.07, 6.45) is 2.46. The molecule has 0 saturated carbocycles. The number of hydrogen-bond donors (Lipinski definition) is 0. The van der Waals surface area contributed by atoms with Crippen LogP contribution in [-0.4, -0.2) is 22.3 Å². The fourth-order valence-corrected chi connectivity index (χ4v) is 3.25. The Bertz CT molecular complexity index is 572. The smallest absolute Gasteiger partial charge is 0.223 e. The van der Waals surface area contributed by atoms with E-state index in [1.807, 2.05) is 29.2 Å². The van der Waals surface area contributed by atoms with Crippen molar-refractivity contribution in [2.75, 3.05) is 6.54 Å². The van der Waals surface area contributed by atoms with Gasteiger partial charge in [-0.2, -0.15) is 0 Å². The fourth-order valence-electron chi connectivity index (χ4n) is 2.26. The topological polar surface area (TPSA) is 33.2 Å². The van der Waals surface area contributed by atoms with Crippen molar-refractivity contribution >= 4 is 27.5 Å². The maximum Gasteiger partial charge on any atom is 0.223 e. The Labute approximate surface area is 110 Å². The highest BCUT2D eigenvalue weighted by atomic mass is 32.1. The van der Waals surface area contributed by atoms with Gasteiger partial charge in [-0.15, -0.1) is 17.9 Å². The first-order chi connectivity index (χ1) is 8.76. The number of para-hydroxylation sites is 1. The number of amides is 1. The van der Waals surface area contributed by atoms with Gasteiger partial charge in [0.1, 0.15) is 5.01 Å². The van der Waals surface area contributed by atoms with E-state index in [1.165, 1.54) is 4.70 Å². The van der Waals surface area contributed by atoms with Gasteiger partial charge in [-0.05, 0) is 12.1 Å². The summed E-state index contributed by atoms with van der Waals surface area (Å²) in [5, 5.41) is 1.01. The van der Waals surface area contributed by atoms with Crippen molar-refractivity contribution < 1.29 is 4.79 Å². The van der Waals surface area contributed by atoms with Crippen LogP contribution in [0.15, 0.2) is 36.9 Å². The van der Waals surface area contributed by atoms with E-state index in [0.29, 0.717) is 18.9 Å². The van der Waals surface area contributed by atoms with Crippen LogP contribution < -0.4 is 0 Å². The zero-order valence-electron chi connectivity index (χ0n) is 10.0. The average molecular weight is 258 g/mol. The number of likely N-dealkylation sites (tertiary alicyclic amines) is 1. The van der Waals surface area contributed by atoms with Gasteiger partial charge in [0, 0.05) is 18.9 Å². The van der Waals surface area contributed by atoms with Crippen LogP contribution >= 0.6 is 11.3 Å². The van der Waals surface area contributed by atoms with Gasteiger partial charge in [0.15, 0.2) is 0 Å². The van der Waals surface area contributed by atoms with Crippen molar-refractivity contribution in [1.29, 1.82) is 0 Å². The molecule has 0 aliphatic carbocycles. The number of carbonyl (C=O) groups is 1. The van der Waals surface area contributed by atoms with Crippen LogP contribution in [0.25, 0.3) is 10.2 Å². The molecule has 0 bridgehead atoms. The summed E-state index contributed by atoms with van der Waals surface area (Å²) in [4.78, 5) is 18.3. The summed E-state index contributed by atoms with van der Waals surface area (Å²) in [6, 6.07) is 8.07. The van der Waals surface area contributed by atoms with Crippen molar-refractivity contribution in [2.45, 2.75) is 13.0 Å². The number of fused-ring (bicyclic) bond motifs is 1. The van der Waals surface area contributed by atoms with Crippen molar-refractivity contribution in [1.82, 2.24) is 9.88 Å². The Hall–Kier alpha value is -1.68. The highest BCUT2D eigenvalue weighted by molar-refractivity contribution is 7.18. The van der Waals surface area contributed by atoms with Gasteiger partial charge in [-0.1, -0.05) is 18.2 Å². The van der Waals surface area contributed by atoms with E-state index in [2.05, 4.69) is 17.6 Å². The molecule has 0 N–H and O–H groups in total. The van der Waals surface area contributed by atoms with E-state index < -0.39 is 0 Å². The quantitative estimate of drug-likeness (QED) is 0.793. The molecule has 4 heteroatoms. The summed E-state index contributed by atoms with van der Waals surface area (Å²) >= 11 is 1.66. The monoisotopic (exact) mass is 258 g/mol. The van der Waals surface area contributed by atoms with Crippen molar-refractivity contribution in [2.24, 2.45) is 5.92 Å². The number of rotatable bonds is 3. The molecule has 1 unspecified atom stereocenters. The van der Waals surface area contributed by atoms with E-state index in [4.69, 9.17) is 0 Å².